The van der Waals surface area contributed by atoms with E-state index < -0.39 is 0 Å². The number of para-hydroxylation sites is 1. The van der Waals surface area contributed by atoms with Crippen molar-refractivity contribution in [2.45, 2.75) is 20.3 Å². The summed E-state index contributed by atoms with van der Waals surface area (Å²) >= 11 is 0. The van der Waals surface area contributed by atoms with Crippen LogP contribution < -0.4 is 10.1 Å². The number of benzene rings is 1. The number of hydrogen-bond acceptors (Lipinski definition) is 4. The molecule has 0 saturated heterocycles. The number of nitrogens with zero attached hydrogens (tertiary/aromatic N) is 2. The van der Waals surface area contributed by atoms with Crippen molar-refractivity contribution in [3.63, 3.8) is 0 Å². The first-order valence-electron chi connectivity index (χ1n) is 7.32. The zero-order valence-corrected chi connectivity index (χ0v) is 13.3. The van der Waals surface area contributed by atoms with Crippen molar-refractivity contribution in [2.24, 2.45) is 0 Å². The molecule has 0 spiro atoms. The van der Waals surface area contributed by atoms with E-state index >= 15 is 0 Å². The van der Waals surface area contributed by atoms with Crippen LogP contribution in [0.25, 0.3) is 10.9 Å². The summed E-state index contributed by atoms with van der Waals surface area (Å²) in [5.41, 5.74) is 3.98. The third kappa shape index (κ3) is 3.01. The van der Waals surface area contributed by atoms with Crippen LogP contribution in [0.5, 0.6) is 6.01 Å². The van der Waals surface area contributed by atoms with E-state index in [2.05, 4.69) is 20.3 Å². The standard InChI is InChI=1S/C17H18N4O2/c1-10-16(11(2)20-17(19-10)23-3)21-15(22)8-12-9-18-14-7-5-4-6-13(12)14/h4-7,9,18H,8H2,1-3H3,(H,21,22). The van der Waals surface area contributed by atoms with Crippen LogP contribution >= 0.6 is 0 Å². The molecule has 118 valence electrons. The number of anilines is 1. The fourth-order valence-electron chi connectivity index (χ4n) is 2.59. The van der Waals surface area contributed by atoms with Crippen molar-refractivity contribution in [3.05, 3.63) is 47.4 Å². The van der Waals surface area contributed by atoms with Gasteiger partial charge >= 0.3 is 6.01 Å². The number of rotatable bonds is 4. The summed E-state index contributed by atoms with van der Waals surface area (Å²) in [5, 5.41) is 3.96. The third-order valence-electron chi connectivity index (χ3n) is 3.72. The zero-order chi connectivity index (χ0) is 16.4. The second-order valence-electron chi connectivity index (χ2n) is 5.34. The van der Waals surface area contributed by atoms with Gasteiger partial charge in [0.05, 0.1) is 30.6 Å². The summed E-state index contributed by atoms with van der Waals surface area (Å²) in [6, 6.07) is 8.21. The number of H-pyrrole nitrogens is 1. The van der Waals surface area contributed by atoms with Crippen LogP contribution in [0.4, 0.5) is 5.69 Å². The van der Waals surface area contributed by atoms with Gasteiger partial charge in [0.2, 0.25) is 5.91 Å². The molecule has 3 aromatic rings. The van der Waals surface area contributed by atoms with Crippen LogP contribution in [0.3, 0.4) is 0 Å². The van der Waals surface area contributed by atoms with E-state index in [-0.39, 0.29) is 12.3 Å². The first kappa shape index (κ1) is 15.0. The lowest BCUT2D eigenvalue weighted by atomic mass is 10.1. The Morgan fingerprint density at radius 1 is 1.22 bits per heavy atom. The monoisotopic (exact) mass is 310 g/mol. The van der Waals surface area contributed by atoms with Gasteiger partial charge in [0.25, 0.3) is 0 Å². The second-order valence-corrected chi connectivity index (χ2v) is 5.34. The molecule has 1 amide bonds. The summed E-state index contributed by atoms with van der Waals surface area (Å²) < 4.78 is 5.03. The van der Waals surface area contributed by atoms with Crippen molar-refractivity contribution < 1.29 is 9.53 Å². The van der Waals surface area contributed by atoms with Crippen LogP contribution in [0.1, 0.15) is 17.0 Å². The highest BCUT2D eigenvalue weighted by molar-refractivity contribution is 5.96. The SMILES string of the molecule is COc1nc(C)c(NC(=O)Cc2c[nH]c3ccccc23)c(C)n1. The number of aromatic nitrogens is 3. The normalized spacial score (nSPS) is 10.7. The van der Waals surface area contributed by atoms with Gasteiger partial charge in [-0.15, -0.1) is 0 Å². The summed E-state index contributed by atoms with van der Waals surface area (Å²) in [5.74, 6) is -0.102. The quantitative estimate of drug-likeness (QED) is 0.776. The van der Waals surface area contributed by atoms with Gasteiger partial charge in [0.15, 0.2) is 0 Å². The van der Waals surface area contributed by atoms with Crippen molar-refractivity contribution in [2.75, 3.05) is 12.4 Å². The lowest BCUT2D eigenvalue weighted by molar-refractivity contribution is -0.115. The number of hydrogen-bond donors (Lipinski definition) is 2. The van der Waals surface area contributed by atoms with E-state index in [1.807, 2.05) is 44.3 Å². The van der Waals surface area contributed by atoms with E-state index in [0.717, 1.165) is 16.5 Å². The molecule has 0 aliphatic rings. The van der Waals surface area contributed by atoms with Crippen LogP contribution in [0.15, 0.2) is 30.5 Å². The predicted octanol–water partition coefficient (Wildman–Crippen LogP) is 2.76. The Balaban J connectivity index is 1.80. The zero-order valence-electron chi connectivity index (χ0n) is 13.3. The van der Waals surface area contributed by atoms with Crippen LogP contribution in [-0.2, 0) is 11.2 Å². The minimum atomic E-state index is -0.102. The molecule has 6 nitrogen and oxygen atoms in total. The van der Waals surface area contributed by atoms with Gasteiger partial charge in [-0.1, -0.05) is 18.2 Å². The number of aryl methyl sites for hydroxylation is 2. The lowest BCUT2D eigenvalue weighted by Gasteiger charge is -2.11. The number of aromatic amines is 1. The number of carbonyl (C=O) groups excluding carboxylic acids is 1. The van der Waals surface area contributed by atoms with Crippen LogP contribution in [0, 0.1) is 13.8 Å². The fraction of sp³-hybridized carbons (Fsp3) is 0.235. The number of nitrogens with one attached hydrogen (secondary N) is 2. The highest BCUT2D eigenvalue weighted by Gasteiger charge is 2.14. The Morgan fingerprint density at radius 3 is 2.61 bits per heavy atom. The molecule has 2 N–H and O–H groups in total. The number of fused-ring (bicyclic) bond motifs is 1. The van der Waals surface area contributed by atoms with E-state index in [0.29, 0.717) is 23.1 Å². The van der Waals surface area contributed by atoms with Gasteiger partial charge in [-0.2, -0.15) is 9.97 Å². The van der Waals surface area contributed by atoms with Gasteiger partial charge in [-0.05, 0) is 25.5 Å². The first-order chi connectivity index (χ1) is 11.1. The minimum absolute atomic E-state index is 0.102. The average molecular weight is 310 g/mol. The van der Waals surface area contributed by atoms with Gasteiger partial charge < -0.3 is 15.0 Å². The molecule has 0 radical (unpaired) electrons. The summed E-state index contributed by atoms with van der Waals surface area (Å²) in [6.45, 7) is 3.64. The Hall–Kier alpha value is -2.89. The first-order valence-corrected chi connectivity index (χ1v) is 7.32. The highest BCUT2D eigenvalue weighted by atomic mass is 16.5. The second kappa shape index (κ2) is 6.08. The molecule has 23 heavy (non-hydrogen) atoms. The van der Waals surface area contributed by atoms with Crippen molar-refractivity contribution in [1.29, 1.82) is 0 Å². The van der Waals surface area contributed by atoms with Crippen molar-refractivity contribution >= 4 is 22.5 Å². The summed E-state index contributed by atoms with van der Waals surface area (Å²) in [7, 11) is 1.52. The molecule has 0 unspecified atom stereocenters. The molecule has 0 saturated carbocycles. The van der Waals surface area contributed by atoms with E-state index in [1.165, 1.54) is 7.11 Å². The molecule has 0 aliphatic carbocycles. The van der Waals surface area contributed by atoms with Gasteiger partial charge in [-0.3, -0.25) is 4.79 Å². The Kier molecular flexibility index (Phi) is 3.97. The maximum Gasteiger partial charge on any atom is 0.316 e. The maximum atomic E-state index is 12.4. The number of methoxy groups -OCH3 is 1. The van der Waals surface area contributed by atoms with Crippen molar-refractivity contribution in [1.82, 2.24) is 15.0 Å². The molecule has 1 aromatic carbocycles. The minimum Gasteiger partial charge on any atom is -0.467 e. The summed E-state index contributed by atoms with van der Waals surface area (Å²) in [4.78, 5) is 23.9. The molecule has 3 rings (SSSR count). The molecule has 2 aromatic heterocycles. The molecule has 0 fully saturated rings. The Bertz CT molecular complexity index is 847. The summed E-state index contributed by atoms with van der Waals surface area (Å²) in [6.07, 6.45) is 2.16. The smallest absolute Gasteiger partial charge is 0.316 e. The molecule has 2 heterocycles. The highest BCUT2D eigenvalue weighted by Crippen LogP contribution is 2.21. The third-order valence-corrected chi connectivity index (χ3v) is 3.72. The average Bonchev–Trinajstić information content (AvgIpc) is 2.94. The predicted molar refractivity (Wildman–Crippen MR) is 88.7 cm³/mol. The molecule has 0 aliphatic heterocycles. The lowest BCUT2D eigenvalue weighted by Crippen LogP contribution is -2.17. The molecule has 0 atom stereocenters. The van der Waals surface area contributed by atoms with E-state index in [1.54, 1.807) is 0 Å². The number of amides is 1. The Labute approximate surface area is 133 Å². The largest absolute Gasteiger partial charge is 0.467 e. The topological polar surface area (TPSA) is 79.9 Å². The van der Waals surface area contributed by atoms with Gasteiger partial charge in [-0.25, -0.2) is 0 Å². The fourth-order valence-corrected chi connectivity index (χ4v) is 2.59. The van der Waals surface area contributed by atoms with Crippen molar-refractivity contribution in [3.8, 4) is 6.01 Å². The van der Waals surface area contributed by atoms with Gasteiger partial charge in [0.1, 0.15) is 0 Å². The number of carbonyl (C=O) groups is 1. The number of ether oxygens (including phenoxy) is 1. The van der Waals surface area contributed by atoms with Crippen LogP contribution in [-0.4, -0.2) is 28.0 Å². The van der Waals surface area contributed by atoms with E-state index in [9.17, 15) is 4.79 Å². The Morgan fingerprint density at radius 2 is 1.91 bits per heavy atom. The van der Waals surface area contributed by atoms with E-state index in [4.69, 9.17) is 4.74 Å². The maximum absolute atomic E-state index is 12.4. The van der Waals surface area contributed by atoms with Gasteiger partial charge in [0, 0.05) is 17.1 Å². The molecular formula is C17H18N4O2. The molecule has 6 heteroatoms. The molecule has 0 bridgehead atoms. The van der Waals surface area contributed by atoms with Crippen LogP contribution in [0.2, 0.25) is 0 Å². The molecular weight excluding hydrogens is 292 g/mol.